The lowest BCUT2D eigenvalue weighted by molar-refractivity contribution is -0.145. The quantitative estimate of drug-likeness (QED) is 0.419. The first-order valence-electron chi connectivity index (χ1n) is 12.4. The zero-order valence-electron chi connectivity index (χ0n) is 21.2. The highest BCUT2D eigenvalue weighted by atomic mass is 19.1. The Balaban J connectivity index is 1.45. The number of pyridine rings is 2. The van der Waals surface area contributed by atoms with Crippen LogP contribution in [-0.4, -0.2) is 72.5 Å². The maximum atomic E-state index is 15.1. The highest BCUT2D eigenvalue weighted by Crippen LogP contribution is 2.30. The monoisotopic (exact) mass is 528 g/mol. The number of piperidine rings is 1. The average molecular weight is 529 g/mol. The standard InChI is InChI=1S/C27H30F2N4O5/c1-3-37-26(34)18(24-19(28)13-30-22-9-10-23(36-2)32-25(22)24)14-33-12-11-21(20(29)15-33)31-27(35)38-16-17-7-5-4-6-8-17/h4-10,13,18,20-21H,3,11-12,14-16H2,1-2H3,(H,31,35)/t18?,20-,21+/m0/s1. The summed E-state index contributed by atoms with van der Waals surface area (Å²) in [5.41, 5.74) is 1.41. The summed E-state index contributed by atoms with van der Waals surface area (Å²) in [6.45, 7) is 2.12. The Labute approximate surface area is 219 Å². The van der Waals surface area contributed by atoms with Gasteiger partial charge in [0.05, 0.1) is 42.9 Å². The van der Waals surface area contributed by atoms with Crippen LogP contribution in [0.4, 0.5) is 13.6 Å². The van der Waals surface area contributed by atoms with E-state index in [1.165, 1.54) is 7.11 Å². The summed E-state index contributed by atoms with van der Waals surface area (Å²) in [5, 5.41) is 2.59. The van der Waals surface area contributed by atoms with Crippen molar-refractivity contribution in [1.82, 2.24) is 20.2 Å². The van der Waals surface area contributed by atoms with Gasteiger partial charge in [-0.05, 0) is 25.0 Å². The number of fused-ring (bicyclic) bond motifs is 1. The van der Waals surface area contributed by atoms with Crippen molar-refractivity contribution in [3.8, 4) is 5.88 Å². The number of nitrogens with zero attached hydrogens (tertiary/aromatic N) is 3. The molecule has 0 aliphatic carbocycles. The normalized spacial score (nSPS) is 18.5. The number of carbonyl (C=O) groups excluding carboxylic acids is 2. The maximum Gasteiger partial charge on any atom is 0.407 e. The molecular weight excluding hydrogens is 498 g/mol. The fourth-order valence-corrected chi connectivity index (χ4v) is 4.49. The second-order valence-electron chi connectivity index (χ2n) is 8.92. The summed E-state index contributed by atoms with van der Waals surface area (Å²) in [7, 11) is 1.43. The van der Waals surface area contributed by atoms with Gasteiger partial charge in [-0.2, -0.15) is 0 Å². The van der Waals surface area contributed by atoms with Gasteiger partial charge in [-0.25, -0.2) is 18.6 Å². The zero-order chi connectivity index (χ0) is 27.1. The van der Waals surface area contributed by atoms with Crippen LogP contribution < -0.4 is 10.1 Å². The largest absolute Gasteiger partial charge is 0.481 e. The average Bonchev–Trinajstić information content (AvgIpc) is 2.92. The summed E-state index contributed by atoms with van der Waals surface area (Å²) in [4.78, 5) is 35.3. The van der Waals surface area contributed by atoms with Crippen molar-refractivity contribution in [1.29, 1.82) is 0 Å². The van der Waals surface area contributed by atoms with Gasteiger partial charge >= 0.3 is 12.1 Å². The number of hydrogen-bond acceptors (Lipinski definition) is 8. The number of methoxy groups -OCH3 is 1. The molecule has 202 valence electrons. The molecule has 2 aromatic heterocycles. The number of hydrogen-bond donors (Lipinski definition) is 1. The van der Waals surface area contributed by atoms with Gasteiger partial charge in [0.1, 0.15) is 18.6 Å². The maximum absolute atomic E-state index is 15.1. The Kier molecular flexibility index (Phi) is 9.01. The molecule has 1 aliphatic heterocycles. The number of alkyl halides is 1. The molecule has 3 heterocycles. The Morgan fingerprint density at radius 3 is 2.68 bits per heavy atom. The second kappa shape index (κ2) is 12.6. The molecule has 0 bridgehead atoms. The minimum Gasteiger partial charge on any atom is -0.481 e. The molecule has 1 fully saturated rings. The van der Waals surface area contributed by atoms with Crippen molar-refractivity contribution in [3.05, 3.63) is 65.6 Å². The van der Waals surface area contributed by atoms with Crippen LogP contribution in [0.15, 0.2) is 48.7 Å². The number of esters is 1. The smallest absolute Gasteiger partial charge is 0.407 e. The number of nitrogens with one attached hydrogen (secondary N) is 1. The third-order valence-electron chi connectivity index (χ3n) is 6.39. The summed E-state index contributed by atoms with van der Waals surface area (Å²) < 4.78 is 45.9. The number of carbonyl (C=O) groups is 2. The van der Waals surface area contributed by atoms with Gasteiger partial charge in [0.25, 0.3) is 0 Å². The SMILES string of the molecule is CCOC(=O)C(CN1CC[C@@H](NC(=O)OCc2ccccc2)[C@@H](F)C1)c1c(F)cnc2ccc(OC)nc12. The summed E-state index contributed by atoms with van der Waals surface area (Å²) >= 11 is 0. The van der Waals surface area contributed by atoms with Crippen LogP contribution in [0.3, 0.4) is 0 Å². The number of benzene rings is 1. The fraction of sp³-hybridized carbons (Fsp3) is 0.407. The van der Waals surface area contributed by atoms with Crippen molar-refractivity contribution in [2.24, 2.45) is 0 Å². The number of amides is 1. The van der Waals surface area contributed by atoms with Gasteiger partial charge < -0.3 is 19.5 Å². The van der Waals surface area contributed by atoms with Gasteiger partial charge in [0.15, 0.2) is 0 Å². The summed E-state index contributed by atoms with van der Waals surface area (Å²) in [6, 6.07) is 11.6. The first-order valence-corrected chi connectivity index (χ1v) is 12.4. The topological polar surface area (TPSA) is 103 Å². The van der Waals surface area contributed by atoms with E-state index in [-0.39, 0.29) is 49.7 Å². The zero-order valence-corrected chi connectivity index (χ0v) is 21.2. The molecule has 11 heteroatoms. The molecule has 0 radical (unpaired) electrons. The molecule has 3 aromatic rings. The molecule has 1 saturated heterocycles. The first kappa shape index (κ1) is 27.2. The van der Waals surface area contributed by atoms with Gasteiger partial charge in [-0.15, -0.1) is 0 Å². The summed E-state index contributed by atoms with van der Waals surface area (Å²) in [5.74, 6) is -2.20. The lowest BCUT2D eigenvalue weighted by Crippen LogP contribution is -2.53. The molecule has 1 aromatic carbocycles. The van der Waals surface area contributed by atoms with E-state index in [2.05, 4.69) is 15.3 Å². The molecule has 0 saturated carbocycles. The van der Waals surface area contributed by atoms with Crippen molar-refractivity contribution >= 4 is 23.1 Å². The van der Waals surface area contributed by atoms with Gasteiger partial charge in [0.2, 0.25) is 5.88 Å². The first-order chi connectivity index (χ1) is 18.4. The number of rotatable bonds is 9. The molecule has 9 nitrogen and oxygen atoms in total. The van der Waals surface area contributed by atoms with Crippen molar-refractivity contribution in [2.45, 2.75) is 38.1 Å². The molecular formula is C27H30F2N4O5. The van der Waals surface area contributed by atoms with E-state index in [0.717, 1.165) is 11.8 Å². The van der Waals surface area contributed by atoms with Gasteiger partial charge in [-0.1, -0.05) is 30.3 Å². The van der Waals surface area contributed by atoms with Crippen LogP contribution >= 0.6 is 0 Å². The summed E-state index contributed by atoms with van der Waals surface area (Å²) in [6.07, 6.45) is -0.812. The van der Waals surface area contributed by atoms with E-state index in [1.807, 2.05) is 30.3 Å². The van der Waals surface area contributed by atoms with Crippen molar-refractivity contribution in [3.63, 3.8) is 0 Å². The Morgan fingerprint density at radius 2 is 1.97 bits per heavy atom. The molecule has 1 amide bonds. The minimum atomic E-state index is -1.42. The van der Waals surface area contributed by atoms with E-state index in [9.17, 15) is 9.59 Å². The molecule has 1 aliphatic rings. The lowest BCUT2D eigenvalue weighted by atomic mass is 9.95. The van der Waals surface area contributed by atoms with Crippen molar-refractivity contribution < 1.29 is 32.6 Å². The molecule has 3 atom stereocenters. The Morgan fingerprint density at radius 1 is 1.18 bits per heavy atom. The predicted molar refractivity (Wildman–Crippen MR) is 135 cm³/mol. The Hall–Kier alpha value is -3.86. The van der Waals surface area contributed by atoms with Crippen LogP contribution in [0.2, 0.25) is 0 Å². The van der Waals surface area contributed by atoms with Crippen LogP contribution in [0.1, 0.15) is 30.4 Å². The fourth-order valence-electron chi connectivity index (χ4n) is 4.49. The number of aromatic nitrogens is 2. The Bertz CT molecular complexity index is 1260. The van der Waals surface area contributed by atoms with E-state index in [1.54, 1.807) is 24.0 Å². The van der Waals surface area contributed by atoms with Crippen molar-refractivity contribution in [2.75, 3.05) is 33.4 Å². The van der Waals surface area contributed by atoms with E-state index in [4.69, 9.17) is 14.2 Å². The highest BCUT2D eigenvalue weighted by molar-refractivity contribution is 5.87. The molecule has 0 spiro atoms. The highest BCUT2D eigenvalue weighted by Gasteiger charge is 2.35. The van der Waals surface area contributed by atoms with Crippen LogP contribution in [-0.2, 0) is 20.9 Å². The minimum absolute atomic E-state index is 0.000645. The van der Waals surface area contributed by atoms with Gasteiger partial charge in [0, 0.05) is 31.3 Å². The molecule has 1 unspecified atom stereocenters. The number of alkyl carbamates (subject to hydrolysis) is 1. The van der Waals surface area contributed by atoms with E-state index in [0.29, 0.717) is 12.1 Å². The molecule has 38 heavy (non-hydrogen) atoms. The molecule has 4 rings (SSSR count). The third kappa shape index (κ3) is 6.52. The number of ether oxygens (including phenoxy) is 3. The lowest BCUT2D eigenvalue weighted by Gasteiger charge is -2.36. The predicted octanol–water partition coefficient (Wildman–Crippen LogP) is 3.76. The van der Waals surface area contributed by atoms with E-state index < -0.39 is 36.0 Å². The third-order valence-corrected chi connectivity index (χ3v) is 6.39. The molecule has 1 N–H and O–H groups in total. The number of halogens is 2. The second-order valence-corrected chi connectivity index (χ2v) is 8.92. The van der Waals surface area contributed by atoms with E-state index >= 15 is 8.78 Å². The van der Waals surface area contributed by atoms with Gasteiger partial charge in [-0.3, -0.25) is 14.7 Å². The van der Waals surface area contributed by atoms with Crippen LogP contribution in [0.5, 0.6) is 5.88 Å². The van der Waals surface area contributed by atoms with Crippen LogP contribution in [0, 0.1) is 5.82 Å². The van der Waals surface area contributed by atoms with Crippen LogP contribution in [0.25, 0.3) is 11.0 Å². The number of likely N-dealkylation sites (tertiary alicyclic amines) is 1.